The molecule has 0 unspecified atom stereocenters. The van der Waals surface area contributed by atoms with Crippen LogP contribution in [0.3, 0.4) is 0 Å². The fourth-order valence-corrected chi connectivity index (χ4v) is 3.62. The Labute approximate surface area is 159 Å². The Morgan fingerprint density at radius 3 is 2.73 bits per heavy atom. The van der Waals surface area contributed by atoms with Gasteiger partial charge in [-0.25, -0.2) is 4.98 Å². The zero-order chi connectivity index (χ0) is 18.4. The number of amides is 1. The van der Waals surface area contributed by atoms with Gasteiger partial charge in [0, 0.05) is 29.0 Å². The van der Waals surface area contributed by atoms with Gasteiger partial charge in [-0.3, -0.25) is 14.7 Å². The van der Waals surface area contributed by atoms with Crippen molar-refractivity contribution in [1.29, 1.82) is 0 Å². The standard InChI is InChI=1S/C18H18N4O2S2/c1-2-17(24)19-13-7-5-12(6-8-13)15(23)11-26-18-20-16(21-22-18)10-14-4-3-9-25-14/h3-9H,2,10-11H2,1H3,(H,19,24)(H,20,21,22). The van der Waals surface area contributed by atoms with Crippen LogP contribution < -0.4 is 5.32 Å². The molecule has 2 heterocycles. The van der Waals surface area contributed by atoms with E-state index in [1.54, 1.807) is 42.5 Å². The van der Waals surface area contributed by atoms with Gasteiger partial charge in [-0.15, -0.1) is 16.4 Å². The number of hydrogen-bond donors (Lipinski definition) is 2. The van der Waals surface area contributed by atoms with Gasteiger partial charge in [0.2, 0.25) is 11.1 Å². The molecule has 0 aliphatic carbocycles. The van der Waals surface area contributed by atoms with E-state index in [1.807, 2.05) is 11.4 Å². The summed E-state index contributed by atoms with van der Waals surface area (Å²) < 4.78 is 0. The van der Waals surface area contributed by atoms with Gasteiger partial charge in [0.05, 0.1) is 5.75 Å². The van der Waals surface area contributed by atoms with Crippen LogP contribution in [0.2, 0.25) is 0 Å². The third-order valence-electron chi connectivity index (χ3n) is 3.58. The number of carbonyl (C=O) groups is 2. The SMILES string of the molecule is CCC(=O)Nc1ccc(C(=O)CSc2n[nH]c(Cc3cccs3)n2)cc1. The number of benzene rings is 1. The summed E-state index contributed by atoms with van der Waals surface area (Å²) in [5.41, 5.74) is 1.29. The molecular weight excluding hydrogens is 368 g/mol. The first-order valence-corrected chi connectivity index (χ1v) is 10.00. The summed E-state index contributed by atoms with van der Waals surface area (Å²) in [7, 11) is 0. The highest BCUT2D eigenvalue weighted by Crippen LogP contribution is 2.18. The summed E-state index contributed by atoms with van der Waals surface area (Å²) in [6.07, 6.45) is 1.13. The number of hydrogen-bond acceptors (Lipinski definition) is 6. The van der Waals surface area contributed by atoms with Gasteiger partial charge in [-0.2, -0.15) is 0 Å². The van der Waals surface area contributed by atoms with E-state index in [0.29, 0.717) is 29.2 Å². The quantitative estimate of drug-likeness (QED) is 0.454. The number of carbonyl (C=O) groups excluding carboxylic acids is 2. The van der Waals surface area contributed by atoms with Crippen LogP contribution in [-0.2, 0) is 11.2 Å². The molecule has 0 bridgehead atoms. The second-order valence-corrected chi connectivity index (χ2v) is 7.49. The molecule has 0 fully saturated rings. The molecule has 0 spiro atoms. The number of aromatic amines is 1. The maximum Gasteiger partial charge on any atom is 0.224 e. The molecule has 0 aliphatic heterocycles. The lowest BCUT2D eigenvalue weighted by atomic mass is 10.1. The number of nitrogens with zero attached hydrogens (tertiary/aromatic N) is 2. The predicted molar refractivity (Wildman–Crippen MR) is 104 cm³/mol. The number of aromatic nitrogens is 3. The zero-order valence-electron chi connectivity index (χ0n) is 14.2. The van der Waals surface area contributed by atoms with Gasteiger partial charge >= 0.3 is 0 Å². The minimum absolute atomic E-state index is 0.00650. The van der Waals surface area contributed by atoms with Crippen molar-refractivity contribution in [2.75, 3.05) is 11.1 Å². The summed E-state index contributed by atoms with van der Waals surface area (Å²) >= 11 is 2.98. The zero-order valence-corrected chi connectivity index (χ0v) is 15.8. The Morgan fingerprint density at radius 2 is 2.04 bits per heavy atom. The van der Waals surface area contributed by atoms with Crippen LogP contribution in [0.15, 0.2) is 46.9 Å². The summed E-state index contributed by atoms with van der Waals surface area (Å²) in [6, 6.07) is 11.0. The smallest absolute Gasteiger partial charge is 0.224 e. The summed E-state index contributed by atoms with van der Waals surface area (Å²) in [6.45, 7) is 1.79. The number of nitrogens with one attached hydrogen (secondary N) is 2. The van der Waals surface area contributed by atoms with Crippen molar-refractivity contribution in [2.45, 2.75) is 24.9 Å². The van der Waals surface area contributed by atoms with Crippen molar-refractivity contribution in [2.24, 2.45) is 0 Å². The van der Waals surface area contributed by atoms with Gasteiger partial charge in [-0.1, -0.05) is 24.8 Å². The molecule has 26 heavy (non-hydrogen) atoms. The molecule has 0 saturated heterocycles. The van der Waals surface area contributed by atoms with Crippen LogP contribution in [0.25, 0.3) is 0 Å². The minimum Gasteiger partial charge on any atom is -0.326 e. The topological polar surface area (TPSA) is 87.7 Å². The highest BCUT2D eigenvalue weighted by atomic mass is 32.2. The number of H-pyrrole nitrogens is 1. The molecule has 1 amide bonds. The van der Waals surface area contributed by atoms with E-state index in [1.165, 1.54) is 16.6 Å². The number of thiophene rings is 1. The van der Waals surface area contributed by atoms with Crippen molar-refractivity contribution in [3.05, 3.63) is 58.0 Å². The van der Waals surface area contributed by atoms with Crippen LogP contribution in [-0.4, -0.2) is 32.6 Å². The van der Waals surface area contributed by atoms with Gasteiger partial charge in [-0.05, 0) is 35.7 Å². The maximum atomic E-state index is 12.3. The molecule has 3 rings (SSSR count). The fourth-order valence-electron chi connectivity index (χ4n) is 2.20. The van der Waals surface area contributed by atoms with Gasteiger partial charge in [0.1, 0.15) is 5.82 Å². The number of thioether (sulfide) groups is 1. The second-order valence-electron chi connectivity index (χ2n) is 5.51. The number of ketones is 1. The lowest BCUT2D eigenvalue weighted by Gasteiger charge is -2.04. The van der Waals surface area contributed by atoms with E-state index >= 15 is 0 Å². The van der Waals surface area contributed by atoms with Crippen molar-refractivity contribution in [3.63, 3.8) is 0 Å². The molecule has 134 valence electrons. The molecule has 3 aromatic rings. The lowest BCUT2D eigenvalue weighted by Crippen LogP contribution is -2.09. The lowest BCUT2D eigenvalue weighted by molar-refractivity contribution is -0.115. The molecule has 2 N–H and O–H groups in total. The van der Waals surface area contributed by atoms with E-state index in [4.69, 9.17) is 0 Å². The average Bonchev–Trinajstić information content (AvgIpc) is 3.32. The molecule has 0 saturated carbocycles. The van der Waals surface area contributed by atoms with Crippen LogP contribution in [0.1, 0.15) is 34.4 Å². The van der Waals surface area contributed by atoms with E-state index in [2.05, 4.69) is 26.6 Å². The Morgan fingerprint density at radius 1 is 1.23 bits per heavy atom. The van der Waals surface area contributed by atoms with Crippen LogP contribution >= 0.6 is 23.1 Å². The van der Waals surface area contributed by atoms with Crippen molar-refractivity contribution in [1.82, 2.24) is 15.2 Å². The van der Waals surface area contributed by atoms with Crippen molar-refractivity contribution in [3.8, 4) is 0 Å². The first-order valence-electron chi connectivity index (χ1n) is 8.13. The van der Waals surface area contributed by atoms with E-state index < -0.39 is 0 Å². The molecule has 8 heteroatoms. The average molecular weight is 387 g/mol. The molecule has 0 radical (unpaired) electrons. The monoisotopic (exact) mass is 386 g/mol. The Bertz CT molecular complexity index is 873. The second kappa shape index (κ2) is 8.77. The maximum absolute atomic E-state index is 12.3. The van der Waals surface area contributed by atoms with E-state index in [9.17, 15) is 9.59 Å². The van der Waals surface area contributed by atoms with Gasteiger partial charge in [0.15, 0.2) is 5.78 Å². The molecule has 1 aromatic carbocycles. The third kappa shape index (κ3) is 5.03. The van der Waals surface area contributed by atoms with Gasteiger partial charge in [0.25, 0.3) is 0 Å². The molecule has 0 atom stereocenters. The Balaban J connectivity index is 1.52. The van der Waals surface area contributed by atoms with Crippen LogP contribution in [0.5, 0.6) is 0 Å². The first kappa shape index (κ1) is 18.3. The molecule has 0 aliphatic rings. The van der Waals surface area contributed by atoms with E-state index in [0.717, 1.165) is 5.82 Å². The molecule has 6 nitrogen and oxygen atoms in total. The third-order valence-corrected chi connectivity index (χ3v) is 5.30. The Kier molecular flexibility index (Phi) is 6.19. The number of anilines is 1. The van der Waals surface area contributed by atoms with Crippen LogP contribution in [0, 0.1) is 0 Å². The summed E-state index contributed by atoms with van der Waals surface area (Å²) in [4.78, 5) is 29.3. The van der Waals surface area contributed by atoms with Crippen molar-refractivity contribution < 1.29 is 9.59 Å². The predicted octanol–water partition coefficient (Wildman–Crippen LogP) is 3.78. The Hall–Kier alpha value is -2.45. The minimum atomic E-state index is -0.0532. The van der Waals surface area contributed by atoms with E-state index in [-0.39, 0.29) is 17.4 Å². The number of rotatable bonds is 8. The van der Waals surface area contributed by atoms with Crippen molar-refractivity contribution >= 4 is 40.5 Å². The fraction of sp³-hybridized carbons (Fsp3) is 0.222. The normalized spacial score (nSPS) is 10.7. The highest BCUT2D eigenvalue weighted by molar-refractivity contribution is 7.99. The molecular formula is C18H18N4O2S2. The number of Topliss-reactive ketones (excluding diaryl/α,β-unsaturated/α-hetero) is 1. The highest BCUT2D eigenvalue weighted by Gasteiger charge is 2.11. The summed E-state index contributed by atoms with van der Waals surface area (Å²) in [5, 5.41) is 12.4. The first-order chi connectivity index (χ1) is 12.6. The largest absolute Gasteiger partial charge is 0.326 e. The molecule has 2 aromatic heterocycles. The van der Waals surface area contributed by atoms with Gasteiger partial charge < -0.3 is 5.32 Å². The van der Waals surface area contributed by atoms with Crippen LogP contribution in [0.4, 0.5) is 5.69 Å². The summed E-state index contributed by atoms with van der Waals surface area (Å²) in [5.74, 6) is 0.991.